The van der Waals surface area contributed by atoms with Gasteiger partial charge < -0.3 is 10.6 Å². The minimum Gasteiger partial charge on any atom is -0.317 e. The van der Waals surface area contributed by atoms with Crippen LogP contribution in [-0.4, -0.2) is 25.7 Å². The molecule has 12 heavy (non-hydrogen) atoms. The number of hydrogen-bond donors (Lipinski definition) is 2. The third-order valence-electron chi connectivity index (χ3n) is 2.57. The van der Waals surface area contributed by atoms with E-state index in [9.17, 15) is 0 Å². The topological polar surface area (TPSA) is 24.1 Å². The van der Waals surface area contributed by atoms with Crippen LogP contribution in [0.3, 0.4) is 0 Å². The van der Waals surface area contributed by atoms with E-state index in [1.165, 1.54) is 38.6 Å². The van der Waals surface area contributed by atoms with Gasteiger partial charge in [-0.1, -0.05) is 19.8 Å². The van der Waals surface area contributed by atoms with Crippen LogP contribution in [0, 0.1) is 0 Å². The molecule has 2 N–H and O–H groups in total. The molecule has 2 nitrogen and oxygen atoms in total. The molecule has 1 aliphatic carbocycles. The molecule has 0 aromatic carbocycles. The Hall–Kier alpha value is -0.0800. The first kappa shape index (κ1) is 10.0. The Morgan fingerprint density at radius 1 is 1.17 bits per heavy atom. The highest BCUT2D eigenvalue weighted by Crippen LogP contribution is 2.17. The second kappa shape index (κ2) is 6.44. The highest BCUT2D eigenvalue weighted by molar-refractivity contribution is 4.73. The van der Waals surface area contributed by atoms with Crippen LogP contribution in [-0.2, 0) is 0 Å². The molecule has 0 radical (unpaired) electrons. The summed E-state index contributed by atoms with van der Waals surface area (Å²) in [5, 5.41) is 6.93. The van der Waals surface area contributed by atoms with Crippen LogP contribution in [0.2, 0.25) is 0 Å². The Morgan fingerprint density at radius 3 is 2.58 bits per heavy atom. The van der Waals surface area contributed by atoms with Crippen molar-refractivity contribution < 1.29 is 0 Å². The van der Waals surface area contributed by atoms with Crippen molar-refractivity contribution in [3.63, 3.8) is 0 Å². The summed E-state index contributed by atoms with van der Waals surface area (Å²) in [6, 6.07) is 0.839. The van der Waals surface area contributed by atoms with Gasteiger partial charge in [0.15, 0.2) is 0 Å². The molecule has 1 saturated carbocycles. The normalized spacial score (nSPS) is 18.8. The molecule has 0 amide bonds. The highest BCUT2D eigenvalue weighted by Gasteiger charge is 2.12. The predicted molar refractivity (Wildman–Crippen MR) is 53.4 cm³/mol. The zero-order chi connectivity index (χ0) is 8.65. The maximum atomic E-state index is 3.60. The molecule has 0 aromatic heterocycles. The molecule has 0 unspecified atom stereocenters. The molecule has 0 heterocycles. The highest BCUT2D eigenvalue weighted by atomic mass is 14.9. The molecule has 0 spiro atoms. The quantitative estimate of drug-likeness (QED) is 0.591. The lowest BCUT2D eigenvalue weighted by atomic mass is 10.2. The lowest BCUT2D eigenvalue weighted by Gasteiger charge is -2.11. The van der Waals surface area contributed by atoms with Crippen molar-refractivity contribution in [3.05, 3.63) is 0 Å². The van der Waals surface area contributed by atoms with Crippen LogP contribution in [0.5, 0.6) is 0 Å². The molecule has 2 heteroatoms. The van der Waals surface area contributed by atoms with Crippen LogP contribution in [0.4, 0.5) is 0 Å². The van der Waals surface area contributed by atoms with Gasteiger partial charge in [0.05, 0.1) is 0 Å². The second-order valence-corrected chi connectivity index (χ2v) is 3.64. The Labute approximate surface area is 76.1 Å². The van der Waals surface area contributed by atoms with Crippen LogP contribution < -0.4 is 10.6 Å². The summed E-state index contributed by atoms with van der Waals surface area (Å²) < 4.78 is 0. The largest absolute Gasteiger partial charge is 0.317 e. The minimum atomic E-state index is 0.839. The first-order valence-corrected chi connectivity index (χ1v) is 5.37. The van der Waals surface area contributed by atoms with Gasteiger partial charge in [-0.2, -0.15) is 0 Å². The first-order chi connectivity index (χ1) is 5.93. The van der Waals surface area contributed by atoms with Crippen LogP contribution in [0.1, 0.15) is 39.0 Å². The average Bonchev–Trinajstić information content (AvgIpc) is 2.57. The van der Waals surface area contributed by atoms with E-state index in [-0.39, 0.29) is 0 Å². The van der Waals surface area contributed by atoms with Gasteiger partial charge >= 0.3 is 0 Å². The third kappa shape index (κ3) is 4.07. The van der Waals surface area contributed by atoms with Gasteiger partial charge in [0.1, 0.15) is 0 Å². The van der Waals surface area contributed by atoms with E-state index in [2.05, 4.69) is 17.6 Å². The molecule has 0 aliphatic heterocycles. The molecule has 1 fully saturated rings. The standard InChI is InChI=1S/C10H22N2/c1-2-11-8-5-9-12-10-6-3-4-7-10/h10-12H,2-9H2,1H3. The summed E-state index contributed by atoms with van der Waals surface area (Å²) in [5.74, 6) is 0. The molecule has 0 bridgehead atoms. The zero-order valence-corrected chi connectivity index (χ0v) is 8.23. The van der Waals surface area contributed by atoms with E-state index in [4.69, 9.17) is 0 Å². The molecule has 0 saturated heterocycles. The number of hydrogen-bond acceptors (Lipinski definition) is 2. The summed E-state index contributed by atoms with van der Waals surface area (Å²) in [6.45, 7) is 5.61. The molecular formula is C10H22N2. The SMILES string of the molecule is CCNCCCNC1CCCC1. The van der Waals surface area contributed by atoms with Gasteiger partial charge in [0.25, 0.3) is 0 Å². The summed E-state index contributed by atoms with van der Waals surface area (Å²) >= 11 is 0. The minimum absolute atomic E-state index is 0.839. The fourth-order valence-corrected chi connectivity index (χ4v) is 1.83. The average molecular weight is 170 g/mol. The molecule has 72 valence electrons. The van der Waals surface area contributed by atoms with E-state index in [1.54, 1.807) is 0 Å². The van der Waals surface area contributed by atoms with Gasteiger partial charge in [-0.3, -0.25) is 0 Å². The number of rotatable bonds is 6. The van der Waals surface area contributed by atoms with Gasteiger partial charge in [0.2, 0.25) is 0 Å². The summed E-state index contributed by atoms with van der Waals surface area (Å²) in [7, 11) is 0. The van der Waals surface area contributed by atoms with E-state index in [1.807, 2.05) is 0 Å². The summed E-state index contributed by atoms with van der Waals surface area (Å²) in [6.07, 6.45) is 6.95. The zero-order valence-electron chi connectivity index (χ0n) is 8.23. The van der Waals surface area contributed by atoms with Gasteiger partial charge in [0, 0.05) is 6.04 Å². The Kier molecular flexibility index (Phi) is 5.37. The van der Waals surface area contributed by atoms with Crippen LogP contribution >= 0.6 is 0 Å². The van der Waals surface area contributed by atoms with Gasteiger partial charge in [-0.25, -0.2) is 0 Å². The molecule has 0 atom stereocenters. The van der Waals surface area contributed by atoms with Crippen LogP contribution in [0.25, 0.3) is 0 Å². The molecule has 1 aliphatic rings. The Morgan fingerprint density at radius 2 is 1.92 bits per heavy atom. The van der Waals surface area contributed by atoms with E-state index < -0.39 is 0 Å². The van der Waals surface area contributed by atoms with Crippen molar-refractivity contribution in [2.24, 2.45) is 0 Å². The van der Waals surface area contributed by atoms with Crippen molar-refractivity contribution in [1.82, 2.24) is 10.6 Å². The smallest absolute Gasteiger partial charge is 0.00670 e. The van der Waals surface area contributed by atoms with Gasteiger partial charge in [-0.15, -0.1) is 0 Å². The Balaban J connectivity index is 1.81. The van der Waals surface area contributed by atoms with E-state index in [0.717, 1.165) is 19.1 Å². The fourth-order valence-electron chi connectivity index (χ4n) is 1.83. The van der Waals surface area contributed by atoms with Crippen molar-refractivity contribution in [1.29, 1.82) is 0 Å². The molecular weight excluding hydrogens is 148 g/mol. The van der Waals surface area contributed by atoms with Crippen molar-refractivity contribution in [3.8, 4) is 0 Å². The van der Waals surface area contributed by atoms with E-state index >= 15 is 0 Å². The summed E-state index contributed by atoms with van der Waals surface area (Å²) in [5.41, 5.74) is 0. The third-order valence-corrected chi connectivity index (χ3v) is 2.57. The predicted octanol–water partition coefficient (Wildman–Crippen LogP) is 1.52. The van der Waals surface area contributed by atoms with E-state index in [0.29, 0.717) is 0 Å². The maximum Gasteiger partial charge on any atom is 0.00670 e. The van der Waals surface area contributed by atoms with Crippen molar-refractivity contribution >= 4 is 0 Å². The lowest BCUT2D eigenvalue weighted by Crippen LogP contribution is -2.29. The lowest BCUT2D eigenvalue weighted by molar-refractivity contribution is 0.506. The van der Waals surface area contributed by atoms with Crippen LogP contribution in [0.15, 0.2) is 0 Å². The fraction of sp³-hybridized carbons (Fsp3) is 1.00. The van der Waals surface area contributed by atoms with Gasteiger partial charge in [-0.05, 0) is 38.9 Å². The van der Waals surface area contributed by atoms with Crippen molar-refractivity contribution in [2.45, 2.75) is 45.1 Å². The molecule has 0 aromatic rings. The summed E-state index contributed by atoms with van der Waals surface area (Å²) in [4.78, 5) is 0. The maximum absolute atomic E-state index is 3.60. The monoisotopic (exact) mass is 170 g/mol. The molecule has 1 rings (SSSR count). The number of nitrogens with one attached hydrogen (secondary N) is 2. The first-order valence-electron chi connectivity index (χ1n) is 5.37. The second-order valence-electron chi connectivity index (χ2n) is 3.64. The Bertz CT molecular complexity index is 98.0. The van der Waals surface area contributed by atoms with Crippen molar-refractivity contribution in [2.75, 3.05) is 19.6 Å².